The lowest BCUT2D eigenvalue weighted by Crippen LogP contribution is -2.68. The maximum atomic E-state index is 14.3. The molecule has 0 unspecified atom stereocenters. The van der Waals surface area contributed by atoms with E-state index in [1.54, 1.807) is 18.6 Å². The summed E-state index contributed by atoms with van der Waals surface area (Å²) in [6.45, 7) is 7.52. The van der Waals surface area contributed by atoms with Gasteiger partial charge in [-0.15, -0.1) is 0 Å². The van der Waals surface area contributed by atoms with Crippen LogP contribution in [0.15, 0.2) is 34.7 Å². The molecule has 1 aromatic rings. The fourth-order valence-electron chi connectivity index (χ4n) is 8.75. The van der Waals surface area contributed by atoms with Gasteiger partial charge in [-0.05, 0) is 36.2 Å². The van der Waals surface area contributed by atoms with Crippen LogP contribution in [-0.2, 0) is 33.4 Å². The van der Waals surface area contributed by atoms with E-state index in [1.807, 2.05) is 26.8 Å². The van der Waals surface area contributed by atoms with Gasteiger partial charge in [0.1, 0.15) is 11.9 Å². The number of methoxy groups -OCH3 is 2. The summed E-state index contributed by atoms with van der Waals surface area (Å²) in [5.41, 5.74) is -0.943. The molecule has 9 atom stereocenters. The monoisotopic (exact) mass is 528 g/mol. The molecule has 4 aliphatic rings. The third-order valence-electron chi connectivity index (χ3n) is 10.4. The van der Waals surface area contributed by atoms with E-state index < -0.39 is 58.1 Å². The Morgan fingerprint density at radius 3 is 2.42 bits per heavy atom. The highest BCUT2D eigenvalue weighted by molar-refractivity contribution is 5.97. The summed E-state index contributed by atoms with van der Waals surface area (Å²) in [6, 6.07) is 1.80. The lowest BCUT2D eigenvalue weighted by atomic mass is 9.38. The number of carbonyl (C=O) groups excluding carboxylic acids is 4. The van der Waals surface area contributed by atoms with Crippen molar-refractivity contribution in [3.8, 4) is 0 Å². The summed E-state index contributed by atoms with van der Waals surface area (Å²) >= 11 is 0. The molecule has 1 N–H and O–H groups in total. The first kappa shape index (κ1) is 26.7. The average molecular weight is 529 g/mol. The Kier molecular flexibility index (Phi) is 6.17. The highest BCUT2D eigenvalue weighted by atomic mass is 16.5. The summed E-state index contributed by atoms with van der Waals surface area (Å²) < 4.78 is 21.2. The molecule has 3 aliphatic carbocycles. The van der Waals surface area contributed by atoms with Crippen LogP contribution < -0.4 is 0 Å². The van der Waals surface area contributed by atoms with Crippen molar-refractivity contribution in [3.05, 3.63) is 35.8 Å². The van der Waals surface area contributed by atoms with E-state index in [1.165, 1.54) is 14.2 Å². The summed E-state index contributed by atoms with van der Waals surface area (Å²) in [6.07, 6.45) is 4.26. The first-order valence-corrected chi connectivity index (χ1v) is 13.1. The zero-order chi connectivity index (χ0) is 27.8. The van der Waals surface area contributed by atoms with Crippen LogP contribution in [0.1, 0.15) is 58.6 Å². The molecule has 0 radical (unpaired) electrons. The van der Waals surface area contributed by atoms with Gasteiger partial charge in [-0.25, -0.2) is 4.79 Å². The number of hydrogen-bond donors (Lipinski definition) is 1. The van der Waals surface area contributed by atoms with Gasteiger partial charge >= 0.3 is 17.9 Å². The minimum atomic E-state index is -1.63. The third-order valence-corrected chi connectivity index (χ3v) is 10.4. The van der Waals surface area contributed by atoms with Gasteiger partial charge in [0.25, 0.3) is 0 Å². The molecular formula is C29H36O9. The zero-order valence-corrected chi connectivity index (χ0v) is 22.7. The van der Waals surface area contributed by atoms with Gasteiger partial charge in [-0.3, -0.25) is 14.4 Å². The van der Waals surface area contributed by atoms with E-state index >= 15 is 0 Å². The Balaban J connectivity index is 1.70. The fourth-order valence-corrected chi connectivity index (χ4v) is 8.75. The zero-order valence-electron chi connectivity index (χ0n) is 22.7. The second-order valence-corrected chi connectivity index (χ2v) is 12.4. The van der Waals surface area contributed by atoms with Gasteiger partial charge in [0.05, 0.1) is 45.0 Å². The number of esters is 3. The molecule has 2 saturated carbocycles. The van der Waals surface area contributed by atoms with Gasteiger partial charge in [0, 0.05) is 22.3 Å². The van der Waals surface area contributed by atoms with Crippen LogP contribution in [0.4, 0.5) is 0 Å². The summed E-state index contributed by atoms with van der Waals surface area (Å²) in [4.78, 5) is 53.1. The molecule has 9 nitrogen and oxygen atoms in total. The van der Waals surface area contributed by atoms with Crippen molar-refractivity contribution in [2.24, 2.45) is 45.8 Å². The Hall–Kier alpha value is -2.94. The smallest absolute Gasteiger partial charge is 0.335 e. The first-order valence-electron chi connectivity index (χ1n) is 13.1. The van der Waals surface area contributed by atoms with E-state index in [-0.39, 0.29) is 30.0 Å². The topological polar surface area (TPSA) is 129 Å². The van der Waals surface area contributed by atoms with Gasteiger partial charge in [-0.2, -0.15) is 0 Å². The summed E-state index contributed by atoms with van der Waals surface area (Å²) in [5, 5.41) is 11.3. The number of furan rings is 1. The molecule has 2 bridgehead atoms. The number of aliphatic hydroxyl groups excluding tert-OH is 1. The lowest BCUT2D eigenvalue weighted by Gasteiger charge is -2.64. The molecule has 5 rings (SSSR count). The first-order chi connectivity index (χ1) is 17.8. The van der Waals surface area contributed by atoms with E-state index in [0.717, 1.165) is 11.1 Å². The van der Waals surface area contributed by atoms with Crippen molar-refractivity contribution >= 4 is 23.7 Å². The highest BCUT2D eigenvalue weighted by Gasteiger charge is 2.71. The fraction of sp³-hybridized carbons (Fsp3) is 0.655. The van der Waals surface area contributed by atoms with E-state index in [0.29, 0.717) is 12.8 Å². The summed E-state index contributed by atoms with van der Waals surface area (Å²) in [5.74, 6) is -5.22. The van der Waals surface area contributed by atoms with Crippen LogP contribution in [0.3, 0.4) is 0 Å². The quantitative estimate of drug-likeness (QED) is 0.355. The van der Waals surface area contributed by atoms with Crippen molar-refractivity contribution in [2.45, 2.75) is 59.2 Å². The average Bonchev–Trinajstić information content (AvgIpc) is 3.40. The highest BCUT2D eigenvalue weighted by Crippen LogP contribution is 2.69. The number of allylic oxidation sites excluding steroid dienone is 2. The van der Waals surface area contributed by atoms with Crippen molar-refractivity contribution in [1.29, 1.82) is 0 Å². The van der Waals surface area contributed by atoms with Gasteiger partial charge in [0.15, 0.2) is 6.10 Å². The van der Waals surface area contributed by atoms with Crippen LogP contribution in [-0.4, -0.2) is 49.1 Å². The Bertz CT molecular complexity index is 1200. The molecule has 0 aromatic carbocycles. The van der Waals surface area contributed by atoms with Crippen molar-refractivity contribution in [3.63, 3.8) is 0 Å². The van der Waals surface area contributed by atoms with Gasteiger partial charge in [-0.1, -0.05) is 39.3 Å². The van der Waals surface area contributed by atoms with E-state index in [2.05, 4.69) is 6.92 Å². The predicted molar refractivity (Wildman–Crippen MR) is 132 cm³/mol. The lowest BCUT2D eigenvalue weighted by molar-refractivity contribution is -0.200. The maximum Gasteiger partial charge on any atom is 0.335 e. The molecule has 9 heteroatoms. The van der Waals surface area contributed by atoms with E-state index in [9.17, 15) is 24.3 Å². The molecule has 1 aliphatic heterocycles. The number of rotatable bonds is 4. The molecule has 206 valence electrons. The molecular weight excluding hydrogens is 492 g/mol. The molecule has 1 aromatic heterocycles. The molecule has 38 heavy (non-hydrogen) atoms. The number of aliphatic hydroxyl groups is 1. The van der Waals surface area contributed by atoms with Crippen molar-refractivity contribution in [1.82, 2.24) is 0 Å². The second kappa shape index (κ2) is 8.79. The Morgan fingerprint density at radius 2 is 1.82 bits per heavy atom. The molecule has 1 saturated heterocycles. The van der Waals surface area contributed by atoms with Gasteiger partial charge in [0.2, 0.25) is 0 Å². The number of carbonyl (C=O) groups is 4. The summed E-state index contributed by atoms with van der Waals surface area (Å²) in [7, 11) is 2.46. The number of cyclic esters (lactones) is 1. The Labute approximate surface area is 221 Å². The maximum absolute atomic E-state index is 14.3. The molecule has 2 heterocycles. The number of Topliss-reactive ketones (excluding diaryl/α,β-unsaturated/α-hetero) is 1. The third kappa shape index (κ3) is 3.39. The van der Waals surface area contributed by atoms with Crippen LogP contribution in [0.2, 0.25) is 0 Å². The van der Waals surface area contributed by atoms with Crippen LogP contribution in [0.5, 0.6) is 0 Å². The number of ketones is 1. The van der Waals surface area contributed by atoms with Gasteiger partial charge < -0.3 is 23.7 Å². The minimum absolute atomic E-state index is 0.140. The normalized spacial score (nSPS) is 40.1. The number of hydrogen-bond acceptors (Lipinski definition) is 9. The molecule has 0 amide bonds. The van der Waals surface area contributed by atoms with E-state index in [4.69, 9.17) is 18.6 Å². The van der Waals surface area contributed by atoms with Crippen LogP contribution in [0, 0.1) is 45.8 Å². The SMILES string of the molecule is COC(=O)[C@@H]1[C@@H]2C=C3[C@@H]4CC(=O)O[C@@H](c5ccoc5)[C@]4(C)CC[C@@H]3[C@@](C)(C2=O)[C@@H]([C@@H](O)C(=O)OC)C1(C)C. The minimum Gasteiger partial charge on any atom is -0.472 e. The number of fused-ring (bicyclic) bond motifs is 6. The van der Waals surface area contributed by atoms with Crippen LogP contribution in [0.25, 0.3) is 0 Å². The standard InChI is InChI=1S/C29H36O9/c1-27(2)20(25(33)35-5)16-11-15-17(29(4,23(16)32)22(27)21(31)26(34)36-6)7-9-28(3)18(15)12-19(30)38-24(28)14-8-10-37-13-14/h8,10-11,13,16-18,20-22,24,31H,7,9,12H2,1-6H3/t16-,17-,18-,20-,21+,22-,24-,28+,29+/m0/s1. The van der Waals surface area contributed by atoms with Crippen molar-refractivity contribution in [2.75, 3.05) is 14.2 Å². The van der Waals surface area contributed by atoms with Crippen LogP contribution >= 0.6 is 0 Å². The largest absolute Gasteiger partial charge is 0.472 e. The predicted octanol–water partition coefficient (Wildman–Crippen LogP) is 3.41. The number of ether oxygens (including phenoxy) is 3. The second-order valence-electron chi connectivity index (χ2n) is 12.4. The van der Waals surface area contributed by atoms with Crippen molar-refractivity contribution < 1.29 is 42.9 Å². The Morgan fingerprint density at radius 1 is 1.11 bits per heavy atom. The molecule has 0 spiro atoms. The molecule has 3 fully saturated rings.